The first-order valence-corrected chi connectivity index (χ1v) is 16.8. The molecule has 1 saturated carbocycles. The first-order chi connectivity index (χ1) is 19.7. The number of rotatable bonds is 13. The minimum Gasteiger partial charge on any atom is -0.300 e. The fourth-order valence-electron chi connectivity index (χ4n) is 7.69. The van der Waals surface area contributed by atoms with E-state index in [1.54, 1.807) is 0 Å². The number of aryl methyl sites for hydroxylation is 1. The van der Waals surface area contributed by atoms with Crippen molar-refractivity contribution in [2.45, 2.75) is 138 Å². The standard InChI is InChI=1S/C35H48O3.C3H8/c1-5-11-29(30(6-2)33(37)18-23(3)36)19-26-20-32-31(27-14-9-10-15-27)22-28(17-16-25-12-7-8-13-25)24(4)35(32)34(38)21-26;1-3-2/h9,14-15,22,25-26,29-30H,5-8,10-13,16-21H2,1-4H3;3H2,1-2H3. The maximum Gasteiger partial charge on any atom is 0.163 e. The fourth-order valence-corrected chi connectivity index (χ4v) is 7.69. The number of hydrogen-bond donors (Lipinski definition) is 0. The molecule has 3 heteroatoms. The summed E-state index contributed by atoms with van der Waals surface area (Å²) < 4.78 is 0. The van der Waals surface area contributed by atoms with Gasteiger partial charge in [-0.25, -0.2) is 0 Å². The molecule has 41 heavy (non-hydrogen) atoms. The summed E-state index contributed by atoms with van der Waals surface area (Å²) in [4.78, 5) is 38.5. The highest BCUT2D eigenvalue weighted by molar-refractivity contribution is 6.02. The monoisotopic (exact) mass is 560 g/mol. The minimum atomic E-state index is -0.0880. The average molecular weight is 561 g/mol. The third kappa shape index (κ3) is 8.85. The molecule has 0 N–H and O–H groups in total. The first-order valence-electron chi connectivity index (χ1n) is 16.8. The van der Waals surface area contributed by atoms with Crippen molar-refractivity contribution in [3.8, 4) is 0 Å². The van der Waals surface area contributed by atoms with Gasteiger partial charge in [-0.15, -0.1) is 0 Å². The van der Waals surface area contributed by atoms with Crippen LogP contribution in [0.3, 0.4) is 0 Å². The third-order valence-corrected chi connectivity index (χ3v) is 9.57. The Morgan fingerprint density at radius 1 is 1.02 bits per heavy atom. The molecule has 1 fully saturated rings. The smallest absolute Gasteiger partial charge is 0.163 e. The van der Waals surface area contributed by atoms with Crippen LogP contribution in [0.1, 0.15) is 151 Å². The van der Waals surface area contributed by atoms with Gasteiger partial charge in [0.2, 0.25) is 0 Å². The highest BCUT2D eigenvalue weighted by Gasteiger charge is 2.35. The van der Waals surface area contributed by atoms with Gasteiger partial charge in [-0.05, 0) is 98.0 Å². The molecule has 3 aliphatic carbocycles. The van der Waals surface area contributed by atoms with Crippen LogP contribution in [0.5, 0.6) is 0 Å². The number of allylic oxidation sites excluding steroid dienone is 4. The summed E-state index contributed by atoms with van der Waals surface area (Å²) in [5.41, 5.74) is 7.34. The summed E-state index contributed by atoms with van der Waals surface area (Å²) in [6.45, 7) is 12.2. The second-order valence-corrected chi connectivity index (χ2v) is 13.1. The molecule has 0 spiro atoms. The number of hydrogen-bond acceptors (Lipinski definition) is 3. The normalized spacial score (nSPS) is 19.8. The van der Waals surface area contributed by atoms with E-state index in [4.69, 9.17) is 0 Å². The Hall–Kier alpha value is -2.29. The molecule has 3 atom stereocenters. The Bertz CT molecular complexity index is 1110. The van der Waals surface area contributed by atoms with Gasteiger partial charge in [-0.1, -0.05) is 96.9 Å². The van der Waals surface area contributed by atoms with Gasteiger partial charge in [-0.2, -0.15) is 0 Å². The summed E-state index contributed by atoms with van der Waals surface area (Å²) in [5, 5.41) is 0. The van der Waals surface area contributed by atoms with Gasteiger partial charge in [0.15, 0.2) is 5.78 Å². The number of Topliss-reactive ketones (excluding diaryl/α,β-unsaturated/α-hetero) is 3. The van der Waals surface area contributed by atoms with E-state index in [1.807, 2.05) is 0 Å². The molecule has 226 valence electrons. The SMILES string of the molecule is CCC.CCCC(CC1CC(=O)c2c(C)c(CCC3CCCC3)cc(C3=CCC=C3)c2C1)C(CC)C(=O)CC(C)=O. The fraction of sp³-hybridized carbons (Fsp3) is 0.658. The van der Waals surface area contributed by atoms with Crippen LogP contribution < -0.4 is 0 Å². The molecule has 1 aromatic carbocycles. The Balaban J connectivity index is 0.00000147. The van der Waals surface area contributed by atoms with Crippen LogP contribution in [0.25, 0.3) is 5.57 Å². The molecule has 4 rings (SSSR count). The Kier molecular flexibility index (Phi) is 13.3. The van der Waals surface area contributed by atoms with E-state index in [9.17, 15) is 14.4 Å². The maximum absolute atomic E-state index is 13.8. The van der Waals surface area contributed by atoms with E-state index in [0.717, 1.165) is 56.4 Å². The van der Waals surface area contributed by atoms with Crippen LogP contribution in [-0.4, -0.2) is 17.3 Å². The number of fused-ring (bicyclic) bond motifs is 1. The molecule has 0 aliphatic heterocycles. The number of carbonyl (C=O) groups excluding carboxylic acids is 3. The molecule has 0 saturated heterocycles. The molecule has 3 nitrogen and oxygen atoms in total. The summed E-state index contributed by atoms with van der Waals surface area (Å²) >= 11 is 0. The van der Waals surface area contributed by atoms with Crippen molar-refractivity contribution in [3.63, 3.8) is 0 Å². The van der Waals surface area contributed by atoms with Gasteiger partial charge in [0.1, 0.15) is 11.6 Å². The van der Waals surface area contributed by atoms with Gasteiger partial charge in [0, 0.05) is 17.9 Å². The van der Waals surface area contributed by atoms with Gasteiger partial charge >= 0.3 is 0 Å². The van der Waals surface area contributed by atoms with Crippen molar-refractivity contribution in [1.29, 1.82) is 0 Å². The highest BCUT2D eigenvalue weighted by Crippen LogP contribution is 2.41. The van der Waals surface area contributed by atoms with E-state index in [2.05, 4.69) is 58.9 Å². The quantitative estimate of drug-likeness (QED) is 0.226. The number of benzene rings is 1. The van der Waals surface area contributed by atoms with Crippen LogP contribution in [0.4, 0.5) is 0 Å². The Labute approximate surface area is 250 Å². The van der Waals surface area contributed by atoms with Crippen molar-refractivity contribution < 1.29 is 14.4 Å². The summed E-state index contributed by atoms with van der Waals surface area (Å²) in [6, 6.07) is 2.41. The summed E-state index contributed by atoms with van der Waals surface area (Å²) in [6.07, 6.45) is 21.9. The Morgan fingerprint density at radius 2 is 1.73 bits per heavy atom. The first kappa shape index (κ1) is 33.2. The molecule has 3 unspecified atom stereocenters. The van der Waals surface area contributed by atoms with Crippen LogP contribution in [0.2, 0.25) is 0 Å². The molecule has 0 aromatic heterocycles. The second-order valence-electron chi connectivity index (χ2n) is 13.1. The van der Waals surface area contributed by atoms with Crippen molar-refractivity contribution in [3.05, 3.63) is 52.1 Å². The van der Waals surface area contributed by atoms with E-state index < -0.39 is 0 Å². The number of ketones is 3. The van der Waals surface area contributed by atoms with Gasteiger partial charge in [0.25, 0.3) is 0 Å². The predicted octanol–water partition coefficient (Wildman–Crippen LogP) is 10.0. The van der Waals surface area contributed by atoms with Gasteiger partial charge in [0.05, 0.1) is 6.42 Å². The van der Waals surface area contributed by atoms with Crippen molar-refractivity contribution in [1.82, 2.24) is 0 Å². The van der Waals surface area contributed by atoms with Gasteiger partial charge < -0.3 is 0 Å². The molecule has 0 amide bonds. The van der Waals surface area contributed by atoms with Crippen molar-refractivity contribution in [2.24, 2.45) is 23.7 Å². The van der Waals surface area contributed by atoms with Crippen LogP contribution in [0, 0.1) is 30.6 Å². The molecule has 0 bridgehead atoms. The van der Waals surface area contributed by atoms with E-state index in [-0.39, 0.29) is 35.7 Å². The van der Waals surface area contributed by atoms with Crippen LogP contribution in [-0.2, 0) is 22.4 Å². The van der Waals surface area contributed by atoms with Crippen molar-refractivity contribution >= 4 is 22.9 Å². The third-order valence-electron chi connectivity index (χ3n) is 9.57. The predicted molar refractivity (Wildman–Crippen MR) is 172 cm³/mol. The van der Waals surface area contributed by atoms with E-state index in [0.29, 0.717) is 12.2 Å². The lowest BCUT2D eigenvalue weighted by molar-refractivity contribution is -0.129. The van der Waals surface area contributed by atoms with Gasteiger partial charge in [-0.3, -0.25) is 14.4 Å². The van der Waals surface area contributed by atoms with Crippen LogP contribution in [0.15, 0.2) is 24.3 Å². The van der Waals surface area contributed by atoms with E-state index in [1.165, 1.54) is 73.3 Å². The minimum absolute atomic E-state index is 0.0403. The molecule has 0 radical (unpaired) electrons. The zero-order valence-corrected chi connectivity index (χ0v) is 27.0. The van der Waals surface area contributed by atoms with Crippen LogP contribution >= 0.6 is 0 Å². The number of carbonyl (C=O) groups is 3. The largest absolute Gasteiger partial charge is 0.300 e. The van der Waals surface area contributed by atoms with E-state index >= 15 is 0 Å². The maximum atomic E-state index is 13.8. The average Bonchev–Trinajstić information content (AvgIpc) is 3.64. The lowest BCUT2D eigenvalue weighted by Crippen LogP contribution is -2.30. The lowest BCUT2D eigenvalue weighted by Gasteiger charge is -2.33. The molecule has 3 aliphatic rings. The Morgan fingerprint density at radius 3 is 2.32 bits per heavy atom. The molecular formula is C38H56O3. The van der Waals surface area contributed by atoms with Crippen molar-refractivity contribution in [2.75, 3.05) is 0 Å². The topological polar surface area (TPSA) is 51.2 Å². The zero-order chi connectivity index (χ0) is 29.9. The second kappa shape index (κ2) is 16.4. The molecular weight excluding hydrogens is 504 g/mol. The summed E-state index contributed by atoms with van der Waals surface area (Å²) in [5.74, 6) is 1.56. The lowest BCUT2D eigenvalue weighted by atomic mass is 9.70. The zero-order valence-electron chi connectivity index (χ0n) is 27.0. The molecule has 1 aromatic rings. The summed E-state index contributed by atoms with van der Waals surface area (Å²) in [7, 11) is 0. The highest BCUT2D eigenvalue weighted by atomic mass is 16.1. The molecule has 0 heterocycles.